The molecule has 0 spiro atoms. The third-order valence-corrected chi connectivity index (χ3v) is 6.36. The van der Waals surface area contributed by atoms with Crippen molar-refractivity contribution >= 4 is 11.0 Å². The normalized spacial score (nSPS) is 18.5. The first kappa shape index (κ1) is 20.4. The maximum absolute atomic E-state index is 9.75. The van der Waals surface area contributed by atoms with Crippen LogP contribution in [0.1, 0.15) is 35.4 Å². The Morgan fingerprint density at radius 2 is 1.74 bits per heavy atom. The lowest BCUT2D eigenvalue weighted by atomic mass is 10.1. The summed E-state index contributed by atoms with van der Waals surface area (Å²) in [5.41, 5.74) is 6.46. The molecular formula is C25H30N4O2. The first-order valence-electron chi connectivity index (χ1n) is 11.2. The van der Waals surface area contributed by atoms with Crippen LogP contribution in [0.5, 0.6) is 5.75 Å². The topological polar surface area (TPSA) is 61.7 Å². The first-order valence-corrected chi connectivity index (χ1v) is 11.2. The maximum Gasteiger partial charge on any atom is 0.123 e. The fourth-order valence-corrected chi connectivity index (χ4v) is 4.56. The fraction of sp³-hybridized carbons (Fsp3) is 0.440. The number of hydrogen-bond donors (Lipinski definition) is 1. The highest BCUT2D eigenvalue weighted by Gasteiger charge is 2.20. The second kappa shape index (κ2) is 8.91. The van der Waals surface area contributed by atoms with Crippen LogP contribution in [-0.4, -0.2) is 57.2 Å². The molecule has 31 heavy (non-hydrogen) atoms. The standard InChI is InChI=1S/C25H30N4O2/c1-18-24(27-23-5-3-2-4-22(23)26-18)17-29-12-13-31-25-7-6-19(14-20(25)16-29)15-28-10-8-21(30)9-11-28/h2-7,14,21,30H,8-13,15-17H2,1H3. The minimum atomic E-state index is -0.132. The number of hydrogen-bond acceptors (Lipinski definition) is 6. The summed E-state index contributed by atoms with van der Waals surface area (Å²) in [6, 6.07) is 14.6. The minimum Gasteiger partial charge on any atom is -0.492 e. The van der Waals surface area contributed by atoms with Crippen LogP contribution in [0.25, 0.3) is 11.0 Å². The molecule has 0 saturated carbocycles. The molecule has 2 aliphatic rings. The van der Waals surface area contributed by atoms with Gasteiger partial charge in [-0.1, -0.05) is 18.2 Å². The second-order valence-electron chi connectivity index (χ2n) is 8.75. The summed E-state index contributed by atoms with van der Waals surface area (Å²) in [6.07, 6.45) is 1.61. The van der Waals surface area contributed by atoms with E-state index in [0.717, 1.165) is 80.3 Å². The molecule has 0 bridgehead atoms. The van der Waals surface area contributed by atoms with Gasteiger partial charge in [0.1, 0.15) is 12.4 Å². The Morgan fingerprint density at radius 1 is 0.968 bits per heavy atom. The molecule has 5 rings (SSSR count). The monoisotopic (exact) mass is 418 g/mol. The van der Waals surface area contributed by atoms with Crippen molar-refractivity contribution in [1.82, 2.24) is 19.8 Å². The van der Waals surface area contributed by atoms with Gasteiger partial charge in [-0.25, -0.2) is 9.97 Å². The molecule has 3 aromatic rings. The van der Waals surface area contributed by atoms with Gasteiger partial charge in [-0.2, -0.15) is 0 Å². The summed E-state index contributed by atoms with van der Waals surface area (Å²) >= 11 is 0. The van der Waals surface area contributed by atoms with Crippen molar-refractivity contribution in [2.75, 3.05) is 26.2 Å². The second-order valence-corrected chi connectivity index (χ2v) is 8.75. The van der Waals surface area contributed by atoms with Crippen LogP contribution in [-0.2, 0) is 19.6 Å². The van der Waals surface area contributed by atoms with Crippen molar-refractivity contribution in [3.63, 3.8) is 0 Å². The summed E-state index contributed by atoms with van der Waals surface area (Å²) in [5.74, 6) is 0.988. The van der Waals surface area contributed by atoms with Gasteiger partial charge in [0.2, 0.25) is 0 Å². The number of para-hydroxylation sites is 2. The number of nitrogens with zero attached hydrogens (tertiary/aromatic N) is 4. The molecule has 2 aliphatic heterocycles. The van der Waals surface area contributed by atoms with E-state index in [0.29, 0.717) is 6.61 Å². The van der Waals surface area contributed by atoms with Crippen molar-refractivity contribution in [2.24, 2.45) is 0 Å². The molecule has 0 radical (unpaired) electrons. The van der Waals surface area contributed by atoms with E-state index in [2.05, 4.69) is 28.0 Å². The SMILES string of the molecule is Cc1nc2ccccc2nc1CN1CCOc2ccc(CN3CCC(O)CC3)cc2C1. The van der Waals surface area contributed by atoms with Crippen molar-refractivity contribution in [3.05, 3.63) is 65.0 Å². The number of likely N-dealkylation sites (tertiary alicyclic amines) is 1. The van der Waals surface area contributed by atoms with E-state index in [-0.39, 0.29) is 6.10 Å². The number of piperidine rings is 1. The van der Waals surface area contributed by atoms with E-state index >= 15 is 0 Å². The average Bonchev–Trinajstić information content (AvgIpc) is 2.97. The lowest BCUT2D eigenvalue weighted by Crippen LogP contribution is -2.35. The van der Waals surface area contributed by atoms with Gasteiger partial charge in [-0.05, 0) is 49.6 Å². The molecule has 1 fully saturated rings. The van der Waals surface area contributed by atoms with Crippen molar-refractivity contribution < 1.29 is 9.84 Å². The van der Waals surface area contributed by atoms with Crippen molar-refractivity contribution in [1.29, 1.82) is 0 Å². The minimum absolute atomic E-state index is 0.132. The number of rotatable bonds is 4. The highest BCUT2D eigenvalue weighted by atomic mass is 16.5. The molecular weight excluding hydrogens is 388 g/mol. The number of fused-ring (bicyclic) bond motifs is 2. The Labute approximate surface area is 183 Å². The number of benzene rings is 2. The highest BCUT2D eigenvalue weighted by Crippen LogP contribution is 2.26. The number of aromatic nitrogens is 2. The lowest BCUT2D eigenvalue weighted by Gasteiger charge is -2.29. The highest BCUT2D eigenvalue weighted by molar-refractivity contribution is 5.74. The van der Waals surface area contributed by atoms with Gasteiger partial charge in [0.05, 0.1) is 28.5 Å². The molecule has 1 saturated heterocycles. The van der Waals surface area contributed by atoms with Crippen molar-refractivity contribution in [2.45, 2.75) is 45.5 Å². The molecule has 0 amide bonds. The predicted molar refractivity (Wildman–Crippen MR) is 121 cm³/mol. The Morgan fingerprint density at radius 3 is 2.55 bits per heavy atom. The van der Waals surface area contributed by atoms with E-state index < -0.39 is 0 Å². The zero-order valence-corrected chi connectivity index (χ0v) is 18.1. The molecule has 0 unspecified atom stereocenters. The molecule has 3 heterocycles. The Bertz CT molecular complexity index is 1060. The van der Waals surface area contributed by atoms with Gasteiger partial charge in [-0.15, -0.1) is 0 Å². The number of aliphatic hydroxyl groups excluding tert-OH is 1. The molecule has 0 aliphatic carbocycles. The molecule has 1 N–H and O–H groups in total. The summed E-state index contributed by atoms with van der Waals surface area (Å²) < 4.78 is 6.05. The van der Waals surface area contributed by atoms with Crippen LogP contribution in [0.3, 0.4) is 0 Å². The van der Waals surface area contributed by atoms with E-state index in [1.54, 1.807) is 0 Å². The zero-order chi connectivity index (χ0) is 21.2. The maximum atomic E-state index is 9.75. The van der Waals surface area contributed by atoms with E-state index in [1.165, 1.54) is 11.1 Å². The average molecular weight is 419 g/mol. The Balaban J connectivity index is 1.32. The van der Waals surface area contributed by atoms with Crippen LogP contribution in [0.15, 0.2) is 42.5 Å². The van der Waals surface area contributed by atoms with Crippen molar-refractivity contribution in [3.8, 4) is 5.75 Å². The van der Waals surface area contributed by atoms with Gasteiger partial charge >= 0.3 is 0 Å². The Hall–Kier alpha value is -2.54. The fourth-order valence-electron chi connectivity index (χ4n) is 4.56. The smallest absolute Gasteiger partial charge is 0.123 e. The van der Waals surface area contributed by atoms with Gasteiger partial charge in [0.25, 0.3) is 0 Å². The summed E-state index contributed by atoms with van der Waals surface area (Å²) in [4.78, 5) is 14.5. The van der Waals surface area contributed by atoms with Gasteiger partial charge < -0.3 is 9.84 Å². The molecule has 6 nitrogen and oxygen atoms in total. The number of ether oxygens (including phenoxy) is 1. The Kier molecular flexibility index (Phi) is 5.85. The quantitative estimate of drug-likeness (QED) is 0.702. The van der Waals surface area contributed by atoms with Crippen LogP contribution in [0, 0.1) is 6.92 Å². The molecule has 2 aromatic carbocycles. The van der Waals surface area contributed by atoms with Crippen LogP contribution in [0.2, 0.25) is 0 Å². The summed E-state index contributed by atoms with van der Waals surface area (Å²) in [5, 5.41) is 9.75. The summed E-state index contributed by atoms with van der Waals surface area (Å²) in [7, 11) is 0. The van der Waals surface area contributed by atoms with E-state index in [1.807, 2.05) is 31.2 Å². The van der Waals surface area contributed by atoms with Crippen LogP contribution in [0.4, 0.5) is 0 Å². The third-order valence-electron chi connectivity index (χ3n) is 6.36. The first-order chi connectivity index (χ1) is 15.1. The molecule has 0 atom stereocenters. The lowest BCUT2D eigenvalue weighted by molar-refractivity contribution is 0.0792. The number of aliphatic hydroxyl groups is 1. The van der Waals surface area contributed by atoms with E-state index in [4.69, 9.17) is 14.7 Å². The third kappa shape index (κ3) is 4.71. The molecule has 1 aromatic heterocycles. The number of aryl methyl sites for hydroxylation is 1. The zero-order valence-electron chi connectivity index (χ0n) is 18.1. The van der Waals surface area contributed by atoms with Crippen LogP contribution >= 0.6 is 0 Å². The van der Waals surface area contributed by atoms with Crippen LogP contribution < -0.4 is 4.74 Å². The largest absolute Gasteiger partial charge is 0.492 e. The van der Waals surface area contributed by atoms with Gasteiger partial charge in [-0.3, -0.25) is 9.80 Å². The molecule has 162 valence electrons. The molecule has 6 heteroatoms. The van der Waals surface area contributed by atoms with Gasteiger partial charge in [0.15, 0.2) is 0 Å². The van der Waals surface area contributed by atoms with Gasteiger partial charge in [0, 0.05) is 44.8 Å². The summed E-state index contributed by atoms with van der Waals surface area (Å²) in [6.45, 7) is 8.04. The van der Waals surface area contributed by atoms with E-state index in [9.17, 15) is 5.11 Å². The predicted octanol–water partition coefficient (Wildman–Crippen LogP) is 3.29.